The van der Waals surface area contributed by atoms with Crippen LogP contribution in [0.5, 0.6) is 5.75 Å². The minimum absolute atomic E-state index is 0.0860. The summed E-state index contributed by atoms with van der Waals surface area (Å²) in [7, 11) is -3.67. The highest BCUT2D eigenvalue weighted by Gasteiger charge is 2.49. The van der Waals surface area contributed by atoms with E-state index in [9.17, 15) is 18.0 Å². The van der Waals surface area contributed by atoms with Gasteiger partial charge in [0, 0.05) is 36.4 Å². The number of carbonyl (C=O) groups excluding carboxylic acids is 2. The highest BCUT2D eigenvalue weighted by molar-refractivity contribution is 7.85. The van der Waals surface area contributed by atoms with Gasteiger partial charge in [0.05, 0.1) is 35.8 Å². The van der Waals surface area contributed by atoms with Gasteiger partial charge in [0.2, 0.25) is 5.88 Å². The van der Waals surface area contributed by atoms with E-state index >= 15 is 0 Å². The highest BCUT2D eigenvalue weighted by Crippen LogP contribution is 2.28. The third-order valence-corrected chi connectivity index (χ3v) is 7.88. The normalized spacial score (nSPS) is 18.9. The van der Waals surface area contributed by atoms with Gasteiger partial charge < -0.3 is 19.5 Å². The zero-order valence-corrected chi connectivity index (χ0v) is 29.0. The van der Waals surface area contributed by atoms with E-state index in [1.54, 1.807) is 35.4 Å². The standard InChI is InChI=1S/C32H43N5O4.CH4O3S/c1-9-37-31(5,6)18-24(19-32(37,7)8)40-23-14-15-25(33-20-23)26(38)16-21-10-12-22(13-11-21)34-29(39)35-28-17-27(36-41-28)30(2,3)4;1-5(2,3)4/h10-15,17,20,24H,9,16,18-19H2,1-8H3,(H2,34,35,39);1H3,(H,2,3,4)/p+1. The summed E-state index contributed by atoms with van der Waals surface area (Å²) in [5.41, 5.74) is 2.61. The van der Waals surface area contributed by atoms with Gasteiger partial charge in [-0.3, -0.25) is 14.7 Å². The van der Waals surface area contributed by atoms with E-state index in [0.717, 1.165) is 30.6 Å². The van der Waals surface area contributed by atoms with Crippen molar-refractivity contribution in [2.75, 3.05) is 23.4 Å². The van der Waals surface area contributed by atoms with Gasteiger partial charge in [-0.2, -0.15) is 8.42 Å². The second kappa shape index (κ2) is 14.3. The number of anilines is 2. The van der Waals surface area contributed by atoms with Crippen LogP contribution in [0.1, 0.15) is 90.0 Å². The molecule has 2 aromatic heterocycles. The molecule has 4 N–H and O–H groups in total. The summed E-state index contributed by atoms with van der Waals surface area (Å²) in [5.74, 6) is 0.873. The Morgan fingerprint density at radius 3 is 2.11 bits per heavy atom. The number of quaternary nitrogens is 1. The second-order valence-corrected chi connectivity index (χ2v) is 15.5. The molecule has 0 spiro atoms. The monoisotopic (exact) mass is 658 g/mol. The van der Waals surface area contributed by atoms with E-state index in [1.807, 2.05) is 39.0 Å². The Labute approximate surface area is 272 Å². The van der Waals surface area contributed by atoms with Gasteiger partial charge >= 0.3 is 6.03 Å². The molecule has 0 unspecified atom stereocenters. The molecule has 12 nitrogen and oxygen atoms in total. The van der Waals surface area contributed by atoms with Crippen LogP contribution in [0, 0.1) is 0 Å². The number of aromatic nitrogens is 2. The van der Waals surface area contributed by atoms with E-state index in [2.05, 4.69) is 55.4 Å². The number of ether oxygens (including phenoxy) is 1. The Morgan fingerprint density at radius 2 is 1.63 bits per heavy atom. The first kappa shape index (κ1) is 36.7. The number of hydrogen-bond acceptors (Lipinski definition) is 8. The second-order valence-electron chi connectivity index (χ2n) is 14.1. The Morgan fingerprint density at radius 1 is 1.04 bits per heavy atom. The number of benzene rings is 1. The lowest BCUT2D eigenvalue weighted by Crippen LogP contribution is -3.26. The molecule has 1 fully saturated rings. The molecular formula is C33H48N5O7S+. The molecule has 13 heteroatoms. The quantitative estimate of drug-likeness (QED) is 0.194. The Balaban J connectivity index is 0.00000107. The topological polar surface area (TPSA) is 165 Å². The smallest absolute Gasteiger partial charge is 0.326 e. The van der Waals surface area contributed by atoms with Gasteiger partial charge in [-0.1, -0.05) is 38.1 Å². The summed E-state index contributed by atoms with van der Waals surface area (Å²) >= 11 is 0. The molecule has 0 atom stereocenters. The van der Waals surface area contributed by atoms with Crippen LogP contribution in [0.4, 0.5) is 16.4 Å². The SMILES string of the molecule is CC[NH+]1C(C)(C)CC(Oc2ccc(C(=O)Cc3ccc(NC(=O)Nc4cc(C(C)(C)C)no4)cc3)nc2)CC1(C)C.CS(=O)(=O)O. The van der Waals surface area contributed by atoms with E-state index in [1.165, 1.54) is 0 Å². The van der Waals surface area contributed by atoms with Gasteiger partial charge in [0.1, 0.15) is 17.5 Å². The minimum atomic E-state index is -3.67. The number of nitrogens with zero attached hydrogens (tertiary/aromatic N) is 2. The molecule has 1 saturated heterocycles. The molecule has 1 aromatic carbocycles. The van der Waals surface area contributed by atoms with Crippen LogP contribution < -0.4 is 20.3 Å². The predicted molar refractivity (Wildman–Crippen MR) is 177 cm³/mol. The molecule has 1 aliphatic heterocycles. The summed E-state index contributed by atoms with van der Waals surface area (Å²) in [6.45, 7) is 18.6. The number of rotatable bonds is 8. The van der Waals surface area contributed by atoms with Crippen molar-refractivity contribution in [2.45, 2.75) is 97.2 Å². The van der Waals surface area contributed by atoms with Crippen LogP contribution in [0.15, 0.2) is 53.2 Å². The number of ketones is 1. The van der Waals surface area contributed by atoms with Crippen LogP contribution in [-0.2, 0) is 22.0 Å². The van der Waals surface area contributed by atoms with Crippen molar-refractivity contribution in [1.29, 1.82) is 0 Å². The molecule has 1 aliphatic rings. The Kier molecular flexibility index (Phi) is 11.4. The number of nitrogens with one attached hydrogen (secondary N) is 3. The minimum Gasteiger partial charge on any atom is -0.488 e. The van der Waals surface area contributed by atoms with Gasteiger partial charge in [-0.05, 0) is 64.4 Å². The Hall–Kier alpha value is -3.81. The molecule has 3 aromatic rings. The predicted octanol–water partition coefficient (Wildman–Crippen LogP) is 4.94. The van der Waals surface area contributed by atoms with Crippen molar-refractivity contribution in [3.8, 4) is 5.75 Å². The average molecular weight is 659 g/mol. The highest BCUT2D eigenvalue weighted by atomic mass is 32.2. The molecule has 3 heterocycles. The molecular weight excluding hydrogens is 610 g/mol. The summed E-state index contributed by atoms with van der Waals surface area (Å²) in [6.07, 6.45) is 4.60. The molecule has 0 saturated carbocycles. The largest absolute Gasteiger partial charge is 0.488 e. The van der Waals surface area contributed by atoms with Crippen LogP contribution in [0.25, 0.3) is 0 Å². The third-order valence-electron chi connectivity index (χ3n) is 7.88. The number of piperidine rings is 1. The van der Waals surface area contributed by atoms with Gasteiger partial charge in [0.15, 0.2) is 5.78 Å². The number of Topliss-reactive ketones (excluding diaryl/α,β-unsaturated/α-hetero) is 1. The zero-order chi connectivity index (χ0) is 34.5. The van der Waals surface area contributed by atoms with Crippen molar-refractivity contribution >= 4 is 33.5 Å². The summed E-state index contributed by atoms with van der Waals surface area (Å²) < 4.78 is 37.4. The van der Waals surface area contributed by atoms with Gasteiger partial charge in [0.25, 0.3) is 10.1 Å². The first-order valence-electron chi connectivity index (χ1n) is 15.3. The number of likely N-dealkylation sites (tertiary alicyclic amines) is 1. The third kappa shape index (κ3) is 10.9. The fourth-order valence-electron chi connectivity index (χ4n) is 6.16. The van der Waals surface area contributed by atoms with Crippen LogP contribution in [0.3, 0.4) is 0 Å². The van der Waals surface area contributed by atoms with E-state index in [-0.39, 0.29) is 40.7 Å². The van der Waals surface area contributed by atoms with Crippen molar-refractivity contribution in [3.63, 3.8) is 0 Å². The molecule has 46 heavy (non-hydrogen) atoms. The number of urea groups is 1. The molecule has 0 bridgehead atoms. The molecule has 4 rings (SSSR count). The van der Waals surface area contributed by atoms with Gasteiger partial charge in [-0.25, -0.2) is 9.78 Å². The summed E-state index contributed by atoms with van der Waals surface area (Å²) in [5, 5.41) is 9.39. The first-order valence-corrected chi connectivity index (χ1v) is 17.1. The molecule has 0 radical (unpaired) electrons. The van der Waals surface area contributed by atoms with Crippen LogP contribution >= 0.6 is 0 Å². The molecule has 2 amide bonds. The van der Waals surface area contributed by atoms with Crippen LogP contribution in [-0.4, -0.2) is 64.9 Å². The maximum absolute atomic E-state index is 12.9. The lowest BCUT2D eigenvalue weighted by Gasteiger charge is -2.51. The number of hydrogen-bond donors (Lipinski definition) is 4. The maximum Gasteiger partial charge on any atom is 0.326 e. The van der Waals surface area contributed by atoms with Crippen LogP contribution in [0.2, 0.25) is 0 Å². The lowest BCUT2D eigenvalue weighted by molar-refractivity contribution is -0.998. The fraction of sp³-hybridized carbons (Fsp3) is 0.515. The lowest BCUT2D eigenvalue weighted by atomic mass is 9.78. The van der Waals surface area contributed by atoms with Crippen molar-refractivity contribution in [2.24, 2.45) is 0 Å². The first-order chi connectivity index (χ1) is 21.2. The zero-order valence-electron chi connectivity index (χ0n) is 28.2. The molecule has 0 aliphatic carbocycles. The van der Waals surface area contributed by atoms with Crippen molar-refractivity contribution in [1.82, 2.24) is 10.1 Å². The van der Waals surface area contributed by atoms with E-state index < -0.39 is 16.1 Å². The van der Waals surface area contributed by atoms with Gasteiger partial charge in [-0.15, -0.1) is 0 Å². The van der Waals surface area contributed by atoms with E-state index in [0.29, 0.717) is 23.4 Å². The van der Waals surface area contributed by atoms with E-state index in [4.69, 9.17) is 13.8 Å². The van der Waals surface area contributed by atoms with Crippen molar-refractivity contribution < 1.29 is 36.7 Å². The number of carbonyl (C=O) groups is 2. The Bertz CT molecular complexity index is 1570. The maximum atomic E-state index is 12.9. The summed E-state index contributed by atoms with van der Waals surface area (Å²) in [4.78, 5) is 31.2. The molecule has 252 valence electrons. The fourth-order valence-corrected chi connectivity index (χ4v) is 6.16. The number of amides is 2. The number of pyridine rings is 1. The summed E-state index contributed by atoms with van der Waals surface area (Å²) in [6, 6.07) is 12.0. The van der Waals surface area contributed by atoms with Crippen molar-refractivity contribution in [3.05, 3.63) is 65.6 Å². The average Bonchev–Trinajstić information content (AvgIpc) is 3.37.